The average molecular weight is 238 g/mol. The van der Waals surface area contributed by atoms with Crippen LogP contribution in [0.4, 0.5) is 0 Å². The van der Waals surface area contributed by atoms with E-state index in [1.165, 1.54) is 6.42 Å². The van der Waals surface area contributed by atoms with E-state index in [-0.39, 0.29) is 5.54 Å². The van der Waals surface area contributed by atoms with Crippen LogP contribution in [-0.2, 0) is 6.54 Å². The third-order valence-electron chi connectivity index (χ3n) is 2.71. The molecule has 3 nitrogen and oxygen atoms in total. The monoisotopic (exact) mass is 238 g/mol. The van der Waals surface area contributed by atoms with E-state index in [4.69, 9.17) is 4.42 Å². The minimum atomic E-state index is 0.220. The van der Waals surface area contributed by atoms with E-state index in [1.54, 1.807) is 6.26 Å². The van der Waals surface area contributed by atoms with Gasteiger partial charge in [-0.05, 0) is 59.0 Å². The summed E-state index contributed by atoms with van der Waals surface area (Å²) in [6.07, 6.45) is 2.91. The van der Waals surface area contributed by atoms with Crippen molar-refractivity contribution in [3.05, 3.63) is 24.2 Å². The fourth-order valence-corrected chi connectivity index (χ4v) is 1.74. The van der Waals surface area contributed by atoms with E-state index in [0.29, 0.717) is 0 Å². The molecule has 0 saturated heterocycles. The van der Waals surface area contributed by atoms with Gasteiger partial charge in [-0.15, -0.1) is 0 Å². The van der Waals surface area contributed by atoms with Gasteiger partial charge in [0.05, 0.1) is 12.8 Å². The van der Waals surface area contributed by atoms with Crippen LogP contribution in [0.25, 0.3) is 0 Å². The predicted octanol–water partition coefficient (Wildman–Crippen LogP) is 2.88. The first-order chi connectivity index (χ1) is 8.01. The van der Waals surface area contributed by atoms with Crippen molar-refractivity contribution in [3.63, 3.8) is 0 Å². The fourth-order valence-electron chi connectivity index (χ4n) is 1.74. The molecule has 0 bridgehead atoms. The smallest absolute Gasteiger partial charge is 0.117 e. The molecule has 0 amide bonds. The number of hydrogen-bond acceptors (Lipinski definition) is 3. The Labute approximate surface area is 105 Å². The van der Waals surface area contributed by atoms with Crippen molar-refractivity contribution in [3.8, 4) is 0 Å². The van der Waals surface area contributed by atoms with Crippen LogP contribution >= 0.6 is 0 Å². The summed E-state index contributed by atoms with van der Waals surface area (Å²) in [5, 5.41) is 3.51. The van der Waals surface area contributed by atoms with Crippen molar-refractivity contribution < 1.29 is 4.42 Å². The Kier molecular flexibility index (Phi) is 5.72. The highest BCUT2D eigenvalue weighted by molar-refractivity contribution is 4.97. The Balaban J connectivity index is 2.19. The van der Waals surface area contributed by atoms with Crippen LogP contribution in [-0.4, -0.2) is 30.1 Å². The number of nitrogens with zero attached hydrogens (tertiary/aromatic N) is 1. The van der Waals surface area contributed by atoms with Crippen LogP contribution < -0.4 is 5.32 Å². The summed E-state index contributed by atoms with van der Waals surface area (Å²) in [5.74, 6) is 1.05. The molecule has 0 radical (unpaired) electrons. The summed E-state index contributed by atoms with van der Waals surface area (Å²) in [6.45, 7) is 13.0. The van der Waals surface area contributed by atoms with Gasteiger partial charge in [0.2, 0.25) is 0 Å². The third-order valence-corrected chi connectivity index (χ3v) is 2.71. The molecule has 0 spiro atoms. The molecule has 1 rings (SSSR count). The summed E-state index contributed by atoms with van der Waals surface area (Å²) in [5.41, 5.74) is 0.220. The van der Waals surface area contributed by atoms with E-state index in [9.17, 15) is 0 Å². The van der Waals surface area contributed by atoms with Gasteiger partial charge in [-0.1, -0.05) is 6.92 Å². The van der Waals surface area contributed by atoms with Gasteiger partial charge in [-0.25, -0.2) is 0 Å². The standard InChI is InChI=1S/C14H26N2O/c1-5-16(12-13-8-6-11-17-13)10-7-9-15-14(2,3)4/h6,8,11,15H,5,7,9-10,12H2,1-4H3. The second kappa shape index (κ2) is 6.82. The number of nitrogens with one attached hydrogen (secondary N) is 1. The molecule has 3 heteroatoms. The molecular weight excluding hydrogens is 212 g/mol. The van der Waals surface area contributed by atoms with E-state index < -0.39 is 0 Å². The zero-order chi connectivity index (χ0) is 12.7. The molecule has 1 aromatic heterocycles. The highest BCUT2D eigenvalue weighted by atomic mass is 16.3. The first-order valence-electron chi connectivity index (χ1n) is 6.51. The first-order valence-corrected chi connectivity index (χ1v) is 6.51. The Hall–Kier alpha value is -0.800. The molecule has 0 aliphatic carbocycles. The zero-order valence-electron chi connectivity index (χ0n) is 11.6. The molecule has 98 valence electrons. The largest absolute Gasteiger partial charge is 0.468 e. The highest BCUT2D eigenvalue weighted by Gasteiger charge is 2.09. The van der Waals surface area contributed by atoms with Gasteiger partial charge < -0.3 is 9.73 Å². The van der Waals surface area contributed by atoms with Crippen LogP contribution in [0, 0.1) is 0 Å². The van der Waals surface area contributed by atoms with Gasteiger partial charge in [0.15, 0.2) is 0 Å². The molecule has 0 saturated carbocycles. The Morgan fingerprint density at radius 1 is 1.35 bits per heavy atom. The average Bonchev–Trinajstić information content (AvgIpc) is 2.73. The summed E-state index contributed by atoms with van der Waals surface area (Å²) >= 11 is 0. The van der Waals surface area contributed by atoms with E-state index in [1.807, 2.05) is 12.1 Å². The second-order valence-electron chi connectivity index (χ2n) is 5.48. The molecule has 1 N–H and O–H groups in total. The van der Waals surface area contributed by atoms with Gasteiger partial charge >= 0.3 is 0 Å². The van der Waals surface area contributed by atoms with Gasteiger partial charge in [-0.3, -0.25) is 4.90 Å². The van der Waals surface area contributed by atoms with Gasteiger partial charge in [-0.2, -0.15) is 0 Å². The molecular formula is C14H26N2O. The molecule has 0 unspecified atom stereocenters. The van der Waals surface area contributed by atoms with Crippen molar-refractivity contribution >= 4 is 0 Å². The Morgan fingerprint density at radius 2 is 2.12 bits per heavy atom. The maximum absolute atomic E-state index is 5.37. The van der Waals surface area contributed by atoms with E-state index in [2.05, 4.69) is 37.9 Å². The summed E-state index contributed by atoms with van der Waals surface area (Å²) < 4.78 is 5.37. The minimum Gasteiger partial charge on any atom is -0.468 e. The number of hydrogen-bond donors (Lipinski definition) is 1. The quantitative estimate of drug-likeness (QED) is 0.740. The van der Waals surface area contributed by atoms with Crippen molar-refractivity contribution in [1.29, 1.82) is 0 Å². The molecule has 1 aromatic rings. The Morgan fingerprint density at radius 3 is 2.65 bits per heavy atom. The first kappa shape index (κ1) is 14.3. The summed E-state index contributed by atoms with van der Waals surface area (Å²) in [4.78, 5) is 2.41. The maximum Gasteiger partial charge on any atom is 0.117 e. The zero-order valence-corrected chi connectivity index (χ0v) is 11.6. The third kappa shape index (κ3) is 6.49. The molecule has 0 aromatic carbocycles. The molecule has 0 aliphatic heterocycles. The normalized spacial score (nSPS) is 12.3. The van der Waals surface area contributed by atoms with Crippen molar-refractivity contribution in [2.45, 2.75) is 46.2 Å². The van der Waals surface area contributed by atoms with Crippen LogP contribution in [0.3, 0.4) is 0 Å². The lowest BCUT2D eigenvalue weighted by Gasteiger charge is -2.23. The predicted molar refractivity (Wildman–Crippen MR) is 72.0 cm³/mol. The van der Waals surface area contributed by atoms with Crippen molar-refractivity contribution in [1.82, 2.24) is 10.2 Å². The topological polar surface area (TPSA) is 28.4 Å². The number of rotatable bonds is 7. The summed E-state index contributed by atoms with van der Waals surface area (Å²) in [7, 11) is 0. The second-order valence-corrected chi connectivity index (χ2v) is 5.48. The lowest BCUT2D eigenvalue weighted by molar-refractivity contribution is 0.248. The van der Waals surface area contributed by atoms with Gasteiger partial charge in [0.25, 0.3) is 0 Å². The highest BCUT2D eigenvalue weighted by Crippen LogP contribution is 2.06. The lowest BCUT2D eigenvalue weighted by atomic mass is 10.1. The Bertz CT molecular complexity index is 288. The van der Waals surface area contributed by atoms with Crippen molar-refractivity contribution in [2.75, 3.05) is 19.6 Å². The molecule has 0 aliphatic rings. The minimum absolute atomic E-state index is 0.220. The molecule has 17 heavy (non-hydrogen) atoms. The number of furan rings is 1. The fraction of sp³-hybridized carbons (Fsp3) is 0.714. The van der Waals surface area contributed by atoms with E-state index >= 15 is 0 Å². The van der Waals surface area contributed by atoms with Crippen LogP contribution in [0.5, 0.6) is 0 Å². The molecule has 0 fully saturated rings. The van der Waals surface area contributed by atoms with Gasteiger partial charge in [0, 0.05) is 5.54 Å². The van der Waals surface area contributed by atoms with E-state index in [0.717, 1.165) is 31.9 Å². The summed E-state index contributed by atoms with van der Waals surface area (Å²) in [6, 6.07) is 3.99. The lowest BCUT2D eigenvalue weighted by Crippen LogP contribution is -2.37. The molecule has 0 atom stereocenters. The van der Waals surface area contributed by atoms with Gasteiger partial charge in [0.1, 0.15) is 5.76 Å². The van der Waals surface area contributed by atoms with Crippen molar-refractivity contribution in [2.24, 2.45) is 0 Å². The molecule has 1 heterocycles. The maximum atomic E-state index is 5.37. The SMILES string of the molecule is CCN(CCCNC(C)(C)C)Cc1ccco1. The van der Waals surface area contributed by atoms with Crippen LogP contribution in [0.15, 0.2) is 22.8 Å². The van der Waals surface area contributed by atoms with Crippen LogP contribution in [0.1, 0.15) is 39.9 Å². The van der Waals surface area contributed by atoms with Crippen LogP contribution in [0.2, 0.25) is 0 Å².